The van der Waals surface area contributed by atoms with Crippen molar-refractivity contribution >= 4 is 5.91 Å². The predicted octanol–water partition coefficient (Wildman–Crippen LogP) is 0.726. The molecule has 5 nitrogen and oxygen atoms in total. The quantitative estimate of drug-likeness (QED) is 0.615. The zero-order valence-corrected chi connectivity index (χ0v) is 13.4. The highest BCUT2D eigenvalue weighted by molar-refractivity contribution is 5.82. The summed E-state index contributed by atoms with van der Waals surface area (Å²) in [6, 6.07) is 0.228. The summed E-state index contributed by atoms with van der Waals surface area (Å²) in [6.45, 7) is 10.6. The van der Waals surface area contributed by atoms with E-state index in [9.17, 15) is 9.90 Å². The van der Waals surface area contributed by atoms with Crippen LogP contribution in [0.25, 0.3) is 0 Å². The van der Waals surface area contributed by atoms with E-state index in [-0.39, 0.29) is 24.1 Å². The first-order valence-electron chi connectivity index (χ1n) is 7.80. The number of hydrogen-bond acceptors (Lipinski definition) is 4. The molecule has 0 aromatic heterocycles. The van der Waals surface area contributed by atoms with Gasteiger partial charge in [-0.1, -0.05) is 6.92 Å². The van der Waals surface area contributed by atoms with Crippen LogP contribution in [0.1, 0.15) is 47.0 Å². The van der Waals surface area contributed by atoms with Gasteiger partial charge in [0.15, 0.2) is 0 Å². The van der Waals surface area contributed by atoms with Crippen molar-refractivity contribution in [1.82, 2.24) is 15.5 Å². The monoisotopic (exact) mass is 285 g/mol. The maximum Gasteiger partial charge on any atom is 0.237 e. The maximum atomic E-state index is 12.4. The molecule has 2 unspecified atom stereocenters. The van der Waals surface area contributed by atoms with Crippen LogP contribution in [-0.4, -0.2) is 59.8 Å². The summed E-state index contributed by atoms with van der Waals surface area (Å²) in [5.41, 5.74) is -0.179. The van der Waals surface area contributed by atoms with Crippen molar-refractivity contribution in [3.63, 3.8) is 0 Å². The number of nitrogens with zero attached hydrogens (tertiary/aromatic N) is 1. The number of aliphatic hydroxyl groups is 1. The minimum Gasteiger partial charge on any atom is -0.395 e. The van der Waals surface area contributed by atoms with Gasteiger partial charge in [0.1, 0.15) is 0 Å². The van der Waals surface area contributed by atoms with Crippen LogP contribution in [0.15, 0.2) is 0 Å². The molecule has 0 aromatic carbocycles. The Morgan fingerprint density at radius 2 is 2.25 bits per heavy atom. The lowest BCUT2D eigenvalue weighted by atomic mass is 10.0. The van der Waals surface area contributed by atoms with Crippen LogP contribution in [0, 0.1) is 0 Å². The molecule has 1 saturated heterocycles. The van der Waals surface area contributed by atoms with Crippen molar-refractivity contribution in [3.8, 4) is 0 Å². The van der Waals surface area contributed by atoms with Crippen LogP contribution < -0.4 is 10.6 Å². The molecular weight excluding hydrogens is 254 g/mol. The second-order valence-corrected chi connectivity index (χ2v) is 6.41. The highest BCUT2D eigenvalue weighted by Crippen LogP contribution is 2.12. The zero-order chi connectivity index (χ0) is 15.2. The molecule has 2 atom stereocenters. The molecule has 1 aliphatic rings. The number of nitrogens with one attached hydrogen (secondary N) is 2. The molecular formula is C15H31N3O2. The SMILES string of the molecule is CCC(C)(C)NC(=O)C(C)N(CCO)CC1CCCN1. The third kappa shape index (κ3) is 5.38. The van der Waals surface area contributed by atoms with Gasteiger partial charge in [-0.05, 0) is 46.6 Å². The number of hydrogen-bond donors (Lipinski definition) is 3. The van der Waals surface area contributed by atoms with Gasteiger partial charge in [0, 0.05) is 24.7 Å². The van der Waals surface area contributed by atoms with E-state index in [1.165, 1.54) is 6.42 Å². The molecule has 0 radical (unpaired) electrons. The minimum atomic E-state index is -0.213. The van der Waals surface area contributed by atoms with E-state index in [4.69, 9.17) is 0 Å². The molecule has 1 amide bonds. The Morgan fingerprint density at radius 1 is 1.55 bits per heavy atom. The molecule has 1 aliphatic heterocycles. The van der Waals surface area contributed by atoms with Crippen molar-refractivity contribution in [3.05, 3.63) is 0 Å². The number of carbonyl (C=O) groups is 1. The van der Waals surface area contributed by atoms with Gasteiger partial charge in [0.2, 0.25) is 5.91 Å². The summed E-state index contributed by atoms with van der Waals surface area (Å²) >= 11 is 0. The van der Waals surface area contributed by atoms with Crippen LogP contribution in [0.4, 0.5) is 0 Å². The number of amides is 1. The second-order valence-electron chi connectivity index (χ2n) is 6.41. The lowest BCUT2D eigenvalue weighted by Gasteiger charge is -2.33. The average molecular weight is 285 g/mol. The standard InChI is InChI=1S/C15H31N3O2/c1-5-15(3,4)17-14(20)12(2)18(9-10-19)11-13-7-6-8-16-13/h12-13,16,19H,5-11H2,1-4H3,(H,17,20). The van der Waals surface area contributed by atoms with E-state index in [1.54, 1.807) is 0 Å². The predicted molar refractivity (Wildman–Crippen MR) is 81.7 cm³/mol. The lowest BCUT2D eigenvalue weighted by molar-refractivity contribution is -0.127. The minimum absolute atomic E-state index is 0.0447. The highest BCUT2D eigenvalue weighted by atomic mass is 16.3. The molecule has 3 N–H and O–H groups in total. The van der Waals surface area contributed by atoms with Crippen molar-refractivity contribution < 1.29 is 9.90 Å². The van der Waals surface area contributed by atoms with Crippen LogP contribution in [0.2, 0.25) is 0 Å². The molecule has 0 spiro atoms. The van der Waals surface area contributed by atoms with Gasteiger partial charge in [-0.25, -0.2) is 0 Å². The van der Waals surface area contributed by atoms with Gasteiger partial charge >= 0.3 is 0 Å². The van der Waals surface area contributed by atoms with Crippen LogP contribution in [-0.2, 0) is 4.79 Å². The molecule has 0 aliphatic carbocycles. The Bertz CT molecular complexity index is 301. The summed E-state index contributed by atoms with van der Waals surface area (Å²) in [5.74, 6) is 0.0447. The summed E-state index contributed by atoms with van der Waals surface area (Å²) in [7, 11) is 0. The second kappa shape index (κ2) is 7.96. The molecule has 5 heteroatoms. The molecule has 1 heterocycles. The Kier molecular flexibility index (Phi) is 6.92. The van der Waals surface area contributed by atoms with E-state index < -0.39 is 0 Å². The lowest BCUT2D eigenvalue weighted by Crippen LogP contribution is -2.54. The molecule has 20 heavy (non-hydrogen) atoms. The van der Waals surface area contributed by atoms with Crippen molar-refractivity contribution in [2.75, 3.05) is 26.2 Å². The van der Waals surface area contributed by atoms with Gasteiger partial charge < -0.3 is 15.7 Å². The highest BCUT2D eigenvalue weighted by Gasteiger charge is 2.28. The van der Waals surface area contributed by atoms with Crippen molar-refractivity contribution in [2.24, 2.45) is 0 Å². The fraction of sp³-hybridized carbons (Fsp3) is 0.933. The van der Waals surface area contributed by atoms with E-state index >= 15 is 0 Å². The van der Waals surface area contributed by atoms with E-state index in [2.05, 4.69) is 22.5 Å². The van der Waals surface area contributed by atoms with Crippen LogP contribution in [0.5, 0.6) is 0 Å². The fourth-order valence-corrected chi connectivity index (χ4v) is 2.46. The Labute approximate surface area is 123 Å². The molecule has 0 saturated carbocycles. The average Bonchev–Trinajstić information content (AvgIpc) is 2.90. The molecule has 0 bridgehead atoms. The Morgan fingerprint density at radius 3 is 2.75 bits per heavy atom. The van der Waals surface area contributed by atoms with Gasteiger partial charge in [-0.15, -0.1) is 0 Å². The molecule has 1 rings (SSSR count). The number of aliphatic hydroxyl groups excluding tert-OH is 1. The van der Waals surface area contributed by atoms with Gasteiger partial charge in [-0.2, -0.15) is 0 Å². The maximum absolute atomic E-state index is 12.4. The Balaban J connectivity index is 2.57. The van der Waals surface area contributed by atoms with E-state index in [1.807, 2.05) is 20.8 Å². The fourth-order valence-electron chi connectivity index (χ4n) is 2.46. The van der Waals surface area contributed by atoms with Gasteiger partial charge in [0.25, 0.3) is 0 Å². The van der Waals surface area contributed by atoms with Gasteiger partial charge in [0.05, 0.1) is 12.6 Å². The summed E-state index contributed by atoms with van der Waals surface area (Å²) in [6.07, 6.45) is 3.24. The zero-order valence-electron chi connectivity index (χ0n) is 13.4. The molecule has 1 fully saturated rings. The smallest absolute Gasteiger partial charge is 0.237 e. The summed E-state index contributed by atoms with van der Waals surface area (Å²) < 4.78 is 0. The third-order valence-corrected chi connectivity index (χ3v) is 4.28. The molecule has 118 valence electrons. The summed E-state index contributed by atoms with van der Waals surface area (Å²) in [4.78, 5) is 14.4. The van der Waals surface area contributed by atoms with E-state index in [0.717, 1.165) is 25.9 Å². The number of rotatable bonds is 8. The molecule has 0 aromatic rings. The van der Waals surface area contributed by atoms with Crippen molar-refractivity contribution in [1.29, 1.82) is 0 Å². The Hall–Kier alpha value is -0.650. The number of carbonyl (C=O) groups excluding carboxylic acids is 1. The first kappa shape index (κ1) is 17.4. The first-order chi connectivity index (χ1) is 9.39. The summed E-state index contributed by atoms with van der Waals surface area (Å²) in [5, 5.41) is 15.8. The van der Waals surface area contributed by atoms with Crippen LogP contribution >= 0.6 is 0 Å². The van der Waals surface area contributed by atoms with Crippen molar-refractivity contribution in [2.45, 2.75) is 64.6 Å². The van der Waals surface area contributed by atoms with Crippen LogP contribution in [0.3, 0.4) is 0 Å². The van der Waals surface area contributed by atoms with E-state index in [0.29, 0.717) is 12.6 Å². The largest absolute Gasteiger partial charge is 0.395 e. The third-order valence-electron chi connectivity index (χ3n) is 4.28. The normalized spacial score (nSPS) is 21.2. The topological polar surface area (TPSA) is 64.6 Å². The first-order valence-corrected chi connectivity index (χ1v) is 7.80. The van der Waals surface area contributed by atoms with Gasteiger partial charge in [-0.3, -0.25) is 9.69 Å².